The van der Waals surface area contributed by atoms with Gasteiger partial charge in [-0.25, -0.2) is 0 Å². The molecule has 0 atom stereocenters. The zero-order valence-corrected chi connectivity index (χ0v) is 24.8. The lowest BCUT2D eigenvalue weighted by molar-refractivity contribution is 0.102. The molecule has 1 saturated heterocycles. The van der Waals surface area contributed by atoms with E-state index < -0.39 is 0 Å². The van der Waals surface area contributed by atoms with E-state index in [1.165, 1.54) is 10.1 Å². The predicted octanol–water partition coefficient (Wildman–Crippen LogP) is 5.41. The van der Waals surface area contributed by atoms with E-state index in [1.54, 1.807) is 25.4 Å². The summed E-state index contributed by atoms with van der Waals surface area (Å²) in [5, 5.41) is 24.6. The van der Waals surface area contributed by atoms with Crippen LogP contribution >= 0.6 is 0 Å². The van der Waals surface area contributed by atoms with Crippen molar-refractivity contribution in [3.05, 3.63) is 93.9 Å². The highest BCUT2D eigenvalue weighted by Crippen LogP contribution is 2.30. The molecule has 42 heavy (non-hydrogen) atoms. The van der Waals surface area contributed by atoms with E-state index >= 15 is 0 Å². The number of piperidine rings is 1. The number of hydrogen-bond donors (Lipinski definition) is 3. The van der Waals surface area contributed by atoms with Crippen molar-refractivity contribution >= 4 is 28.9 Å². The second kappa shape index (κ2) is 11.8. The van der Waals surface area contributed by atoms with Crippen molar-refractivity contribution in [3.8, 4) is 11.1 Å². The Labute approximate surface area is 246 Å². The van der Waals surface area contributed by atoms with Crippen LogP contribution in [0.1, 0.15) is 55.1 Å². The minimum atomic E-state index is -0.259. The molecule has 5 rings (SSSR count). The second-order valence-electron chi connectivity index (χ2n) is 11.9. The molecular formula is C33H38N6O3. The van der Waals surface area contributed by atoms with Crippen molar-refractivity contribution in [3.63, 3.8) is 0 Å². The van der Waals surface area contributed by atoms with Gasteiger partial charge in [0.1, 0.15) is 5.69 Å². The Morgan fingerprint density at radius 1 is 0.976 bits per heavy atom. The third-order valence-electron chi connectivity index (χ3n) is 7.79. The molecule has 0 saturated carbocycles. The maximum atomic E-state index is 13.1. The number of pyridine rings is 1. The standard InChI is InChI=1S/C33H38N6O3/c1-21-26(7-6-8-27(21)35-31(41)22-9-11-24(12-10-22)33(2,3)4)23-19-28(32(42)38(5)20-23)34-29-13-14-30(37-36-29)39-17-15-25(40)16-18-39/h6-14,19-20,25,40H,15-18H2,1-5H3,(H,34,36)(H,35,41). The molecule has 2 aromatic carbocycles. The molecule has 2 aromatic heterocycles. The van der Waals surface area contributed by atoms with Crippen LogP contribution in [0.15, 0.2) is 71.7 Å². The summed E-state index contributed by atoms with van der Waals surface area (Å²) in [5.74, 6) is 1.02. The maximum absolute atomic E-state index is 13.1. The number of benzene rings is 2. The van der Waals surface area contributed by atoms with Crippen molar-refractivity contribution < 1.29 is 9.90 Å². The molecule has 0 aliphatic carbocycles. The molecular weight excluding hydrogens is 528 g/mol. The number of aryl methyl sites for hydroxylation is 1. The fourth-order valence-electron chi connectivity index (χ4n) is 5.14. The number of nitrogens with zero attached hydrogens (tertiary/aromatic N) is 4. The number of carbonyl (C=O) groups excluding carboxylic acids is 1. The Hall–Kier alpha value is -4.50. The fraction of sp³-hybridized carbons (Fsp3) is 0.333. The average Bonchev–Trinajstić information content (AvgIpc) is 2.97. The number of carbonyl (C=O) groups is 1. The lowest BCUT2D eigenvalue weighted by atomic mass is 9.86. The summed E-state index contributed by atoms with van der Waals surface area (Å²) in [7, 11) is 1.71. The van der Waals surface area contributed by atoms with Gasteiger partial charge < -0.3 is 25.2 Å². The zero-order valence-electron chi connectivity index (χ0n) is 24.8. The number of aliphatic hydroxyl groups excluding tert-OH is 1. The van der Waals surface area contributed by atoms with Crippen LogP contribution in [0.5, 0.6) is 0 Å². The van der Waals surface area contributed by atoms with Gasteiger partial charge in [-0.15, -0.1) is 10.2 Å². The molecule has 4 aromatic rings. The van der Waals surface area contributed by atoms with E-state index in [2.05, 4.69) is 46.5 Å². The molecule has 1 fully saturated rings. The highest BCUT2D eigenvalue weighted by Gasteiger charge is 2.19. The molecule has 0 unspecified atom stereocenters. The molecule has 0 radical (unpaired) electrons. The largest absolute Gasteiger partial charge is 0.393 e. The molecule has 9 nitrogen and oxygen atoms in total. The van der Waals surface area contributed by atoms with Crippen LogP contribution in [-0.4, -0.2) is 45.0 Å². The van der Waals surface area contributed by atoms with Crippen LogP contribution in [0.4, 0.5) is 23.0 Å². The Bertz CT molecular complexity index is 1630. The number of nitrogens with one attached hydrogen (secondary N) is 2. The van der Waals surface area contributed by atoms with Gasteiger partial charge >= 0.3 is 0 Å². The summed E-state index contributed by atoms with van der Waals surface area (Å²) in [5.41, 5.74) is 5.24. The Morgan fingerprint density at radius 3 is 2.33 bits per heavy atom. The van der Waals surface area contributed by atoms with E-state index in [1.807, 2.05) is 55.5 Å². The summed E-state index contributed by atoms with van der Waals surface area (Å²) in [6.07, 6.45) is 2.94. The normalized spacial score (nSPS) is 14.1. The van der Waals surface area contributed by atoms with Gasteiger partial charge in [0.25, 0.3) is 11.5 Å². The number of aliphatic hydroxyl groups is 1. The summed E-state index contributed by atoms with van der Waals surface area (Å²) in [6.45, 7) is 9.84. The van der Waals surface area contributed by atoms with Gasteiger partial charge in [-0.05, 0) is 78.3 Å². The molecule has 1 aliphatic heterocycles. The van der Waals surface area contributed by atoms with Gasteiger partial charge in [-0.3, -0.25) is 9.59 Å². The molecule has 0 bridgehead atoms. The first-order chi connectivity index (χ1) is 20.0. The number of anilines is 4. The van der Waals surface area contributed by atoms with Gasteiger partial charge in [0, 0.05) is 43.1 Å². The van der Waals surface area contributed by atoms with Crippen LogP contribution < -0.4 is 21.1 Å². The van der Waals surface area contributed by atoms with Crippen molar-refractivity contribution in [2.75, 3.05) is 28.6 Å². The number of amides is 1. The molecule has 0 spiro atoms. The van der Waals surface area contributed by atoms with Gasteiger partial charge in [0.15, 0.2) is 11.6 Å². The quantitative estimate of drug-likeness (QED) is 0.286. The van der Waals surface area contributed by atoms with E-state index in [0.717, 1.165) is 35.6 Å². The highest BCUT2D eigenvalue weighted by atomic mass is 16.3. The van der Waals surface area contributed by atoms with E-state index in [-0.39, 0.29) is 23.0 Å². The molecule has 3 N–H and O–H groups in total. The summed E-state index contributed by atoms with van der Waals surface area (Å²) >= 11 is 0. The second-order valence-corrected chi connectivity index (χ2v) is 11.9. The zero-order chi connectivity index (χ0) is 30.0. The topological polar surface area (TPSA) is 112 Å². The minimum Gasteiger partial charge on any atom is -0.393 e. The number of rotatable bonds is 6. The predicted molar refractivity (Wildman–Crippen MR) is 168 cm³/mol. The van der Waals surface area contributed by atoms with E-state index in [9.17, 15) is 14.7 Å². The fourth-order valence-corrected chi connectivity index (χ4v) is 5.14. The van der Waals surface area contributed by atoms with Gasteiger partial charge in [0.2, 0.25) is 0 Å². The first-order valence-corrected chi connectivity index (χ1v) is 14.3. The molecule has 218 valence electrons. The lowest BCUT2D eigenvalue weighted by Gasteiger charge is -2.30. The molecule has 9 heteroatoms. The molecule has 1 aliphatic rings. The summed E-state index contributed by atoms with van der Waals surface area (Å²) in [4.78, 5) is 28.2. The van der Waals surface area contributed by atoms with Gasteiger partial charge in [-0.2, -0.15) is 0 Å². The lowest BCUT2D eigenvalue weighted by Crippen LogP contribution is -2.36. The van der Waals surface area contributed by atoms with Crippen molar-refractivity contribution in [1.29, 1.82) is 0 Å². The van der Waals surface area contributed by atoms with Crippen molar-refractivity contribution in [1.82, 2.24) is 14.8 Å². The van der Waals surface area contributed by atoms with E-state index in [0.29, 0.717) is 35.6 Å². The summed E-state index contributed by atoms with van der Waals surface area (Å²) in [6, 6.07) is 18.9. The Balaban J connectivity index is 1.36. The minimum absolute atomic E-state index is 0.0117. The monoisotopic (exact) mass is 566 g/mol. The number of hydrogen-bond acceptors (Lipinski definition) is 7. The van der Waals surface area contributed by atoms with Crippen LogP contribution in [0.3, 0.4) is 0 Å². The Morgan fingerprint density at radius 2 is 1.69 bits per heavy atom. The molecule has 1 amide bonds. The molecule has 3 heterocycles. The first kappa shape index (κ1) is 29.0. The van der Waals surface area contributed by atoms with Crippen LogP contribution in [0.2, 0.25) is 0 Å². The first-order valence-electron chi connectivity index (χ1n) is 14.3. The maximum Gasteiger partial charge on any atom is 0.274 e. The average molecular weight is 567 g/mol. The van der Waals surface area contributed by atoms with E-state index in [4.69, 9.17) is 0 Å². The van der Waals surface area contributed by atoms with Crippen LogP contribution in [0.25, 0.3) is 11.1 Å². The third-order valence-corrected chi connectivity index (χ3v) is 7.79. The smallest absolute Gasteiger partial charge is 0.274 e. The van der Waals surface area contributed by atoms with Crippen molar-refractivity contribution in [2.24, 2.45) is 7.05 Å². The number of aromatic nitrogens is 3. The van der Waals surface area contributed by atoms with Gasteiger partial charge in [0.05, 0.1) is 6.10 Å². The van der Waals surface area contributed by atoms with Crippen LogP contribution in [-0.2, 0) is 12.5 Å². The summed E-state index contributed by atoms with van der Waals surface area (Å²) < 4.78 is 1.53. The van der Waals surface area contributed by atoms with Crippen LogP contribution in [0, 0.1) is 6.92 Å². The SMILES string of the molecule is Cc1c(NC(=O)c2ccc(C(C)(C)C)cc2)cccc1-c1cc(Nc2ccc(N3CCC(O)CC3)nn2)c(=O)n(C)c1. The van der Waals surface area contributed by atoms with Crippen molar-refractivity contribution in [2.45, 2.75) is 52.1 Å². The highest BCUT2D eigenvalue weighted by molar-refractivity contribution is 6.05. The third kappa shape index (κ3) is 6.36. The van der Waals surface area contributed by atoms with Gasteiger partial charge in [-0.1, -0.05) is 45.0 Å². The Kier molecular flexibility index (Phi) is 8.13.